The third kappa shape index (κ3) is 31.8. The van der Waals surface area contributed by atoms with Crippen molar-refractivity contribution in [3.8, 4) is 0 Å². The molecule has 10 nitrogen and oxygen atoms in total. The predicted molar refractivity (Wildman–Crippen MR) is 200 cm³/mol. The number of hydrogen-bond acceptors (Lipinski definition) is 9. The lowest BCUT2D eigenvalue weighted by Crippen LogP contribution is -2.46. The summed E-state index contributed by atoms with van der Waals surface area (Å²) in [6.07, 6.45) is 17.4. The van der Waals surface area contributed by atoms with E-state index in [-0.39, 0.29) is 33.6 Å². The van der Waals surface area contributed by atoms with E-state index in [0.29, 0.717) is 32.2 Å². The van der Waals surface area contributed by atoms with Crippen LogP contribution >= 0.6 is 0 Å². The Morgan fingerprint density at radius 2 is 1.31 bits per heavy atom. The minimum absolute atomic E-state index is 0. The molecule has 2 unspecified atom stereocenters. The lowest BCUT2D eigenvalue weighted by atomic mass is 10.0. The van der Waals surface area contributed by atoms with Crippen LogP contribution in [0, 0.1) is 5.92 Å². The van der Waals surface area contributed by atoms with Gasteiger partial charge in [0.1, 0.15) is 6.61 Å². The molecule has 1 heterocycles. The van der Waals surface area contributed by atoms with E-state index in [1.165, 1.54) is 64.2 Å². The normalized spacial score (nSPS) is 14.8. The fourth-order valence-corrected chi connectivity index (χ4v) is 5.23. The zero-order valence-electron chi connectivity index (χ0n) is 32.7. The zero-order chi connectivity index (χ0) is 36.7. The molecule has 0 aromatic heterocycles. The molecule has 1 saturated heterocycles. The lowest BCUT2D eigenvalue weighted by Gasteiger charge is -2.34. The minimum Gasteiger partial charge on any atom is -0.465 e. The number of hydrogen-bond donors (Lipinski definition) is 3. The highest BCUT2D eigenvalue weighted by Crippen LogP contribution is 2.16. The number of likely N-dealkylation sites (tertiary alicyclic amines) is 1. The van der Waals surface area contributed by atoms with E-state index in [9.17, 15) is 14.7 Å². The minimum atomic E-state index is -0.505. The number of carbonyl (C=O) groups is 2. The van der Waals surface area contributed by atoms with Crippen LogP contribution in [0.1, 0.15) is 159 Å². The van der Waals surface area contributed by atoms with Crippen molar-refractivity contribution in [1.82, 2.24) is 10.2 Å². The van der Waals surface area contributed by atoms with Gasteiger partial charge in [0, 0.05) is 40.8 Å². The van der Waals surface area contributed by atoms with Crippen LogP contribution in [0.25, 0.3) is 0 Å². The molecule has 0 saturated carbocycles. The van der Waals surface area contributed by atoms with Gasteiger partial charge in [0.05, 0.1) is 25.6 Å². The van der Waals surface area contributed by atoms with Gasteiger partial charge in [-0.15, -0.1) is 0 Å². The third-order valence-corrected chi connectivity index (χ3v) is 8.01. The standard InChI is InChI=1S/C33H64N2O7.2C2H6.CH4O.H2/c1-4-7-9-11-13-17-23-39-32(40-24-18-14-12-10-8-5-2)21-20-31(37)41-27-29(26-36)28-42-33(38)34-25-30-19-15-16-22-35(30)6-3;3*1-2;/h29-30,32,36H,4-28H2,1-3H3,(H,34,38);2*1-2H3;2H,1H3;1H. The van der Waals surface area contributed by atoms with Crippen molar-refractivity contribution in [2.75, 3.05) is 59.8 Å². The molecule has 0 aromatic carbocycles. The first-order valence-corrected chi connectivity index (χ1v) is 19.6. The highest BCUT2D eigenvalue weighted by molar-refractivity contribution is 5.69. The highest BCUT2D eigenvalue weighted by atomic mass is 16.7. The number of ether oxygens (including phenoxy) is 4. The molecule has 0 aliphatic carbocycles. The fraction of sp³-hybridized carbons (Fsp3) is 0.947. The summed E-state index contributed by atoms with van der Waals surface area (Å²) in [4.78, 5) is 27.0. The molecule has 10 heteroatoms. The molecule has 2 atom stereocenters. The van der Waals surface area contributed by atoms with E-state index in [2.05, 4.69) is 31.0 Å². The Hall–Kier alpha value is -1.46. The SMILES string of the molecule is CC.CC.CCCCCCCCOC(CCC(=O)OCC(CO)COC(=O)NCC1CCCCN1CC)OCCCCCCCC.CO.[HH]. The summed E-state index contributed by atoms with van der Waals surface area (Å²) >= 11 is 0. The summed E-state index contributed by atoms with van der Waals surface area (Å²) < 4.78 is 22.7. The Morgan fingerprint density at radius 3 is 1.83 bits per heavy atom. The van der Waals surface area contributed by atoms with Gasteiger partial charge in [-0.05, 0) is 38.8 Å². The molecule has 1 aliphatic heterocycles. The second kappa shape index (κ2) is 41.7. The predicted octanol–water partition coefficient (Wildman–Crippen LogP) is 8.51. The Labute approximate surface area is 297 Å². The lowest BCUT2D eigenvalue weighted by molar-refractivity contribution is -0.160. The highest BCUT2D eigenvalue weighted by Gasteiger charge is 2.22. The number of alkyl carbamates (subject to hydrolysis) is 1. The van der Waals surface area contributed by atoms with Crippen molar-refractivity contribution in [3.63, 3.8) is 0 Å². The van der Waals surface area contributed by atoms with E-state index in [1.807, 2.05) is 27.7 Å². The van der Waals surface area contributed by atoms with Crippen LogP contribution in [0.2, 0.25) is 0 Å². The molecular formula is C38H82N2O8. The maximum absolute atomic E-state index is 12.5. The van der Waals surface area contributed by atoms with Crippen LogP contribution in [-0.4, -0.2) is 99.3 Å². The van der Waals surface area contributed by atoms with Crippen LogP contribution in [0.4, 0.5) is 4.79 Å². The molecule has 0 bridgehead atoms. The molecule has 1 rings (SSSR count). The molecule has 1 aliphatic rings. The smallest absolute Gasteiger partial charge is 0.407 e. The summed E-state index contributed by atoms with van der Waals surface area (Å²) in [6.45, 7) is 18.2. The number of nitrogens with one attached hydrogen (secondary N) is 1. The van der Waals surface area contributed by atoms with Gasteiger partial charge in [-0.3, -0.25) is 9.69 Å². The van der Waals surface area contributed by atoms with Crippen molar-refractivity contribution in [2.45, 2.75) is 170 Å². The monoisotopic (exact) mass is 695 g/mol. The first-order chi connectivity index (χ1) is 23.5. The zero-order valence-corrected chi connectivity index (χ0v) is 32.7. The van der Waals surface area contributed by atoms with Crippen LogP contribution in [0.3, 0.4) is 0 Å². The first-order valence-electron chi connectivity index (χ1n) is 19.6. The molecule has 3 N–H and O–H groups in total. The number of aliphatic hydroxyl groups excluding tert-OH is 2. The second-order valence-electron chi connectivity index (χ2n) is 11.7. The number of likely N-dealkylation sites (N-methyl/N-ethyl adjacent to an activating group) is 1. The van der Waals surface area contributed by atoms with E-state index in [1.54, 1.807) is 0 Å². The Morgan fingerprint density at radius 1 is 0.792 bits per heavy atom. The summed E-state index contributed by atoms with van der Waals surface area (Å²) in [5.41, 5.74) is 0. The van der Waals surface area contributed by atoms with Gasteiger partial charge in [0.25, 0.3) is 0 Å². The van der Waals surface area contributed by atoms with E-state index < -0.39 is 18.3 Å². The summed E-state index contributed by atoms with van der Waals surface area (Å²) in [5.74, 6) is -0.837. The largest absolute Gasteiger partial charge is 0.465 e. The van der Waals surface area contributed by atoms with E-state index in [0.717, 1.165) is 52.3 Å². The topological polar surface area (TPSA) is 127 Å². The Kier molecular flexibility index (Phi) is 44.2. The van der Waals surface area contributed by atoms with Crippen molar-refractivity contribution in [2.24, 2.45) is 5.92 Å². The average Bonchev–Trinajstić information content (AvgIpc) is 3.14. The molecule has 1 fully saturated rings. The molecule has 0 spiro atoms. The maximum atomic E-state index is 12.5. The van der Waals surface area contributed by atoms with Gasteiger partial charge in [-0.2, -0.15) is 0 Å². The number of piperidine rings is 1. The molecule has 48 heavy (non-hydrogen) atoms. The molecule has 1 amide bonds. The van der Waals surface area contributed by atoms with Crippen LogP contribution in [0.5, 0.6) is 0 Å². The number of amides is 1. The van der Waals surface area contributed by atoms with Gasteiger partial charge in [0.2, 0.25) is 0 Å². The molecular weight excluding hydrogens is 612 g/mol. The van der Waals surface area contributed by atoms with Crippen molar-refractivity contribution in [1.29, 1.82) is 0 Å². The van der Waals surface area contributed by atoms with Gasteiger partial charge >= 0.3 is 12.1 Å². The van der Waals surface area contributed by atoms with Gasteiger partial charge in [0.15, 0.2) is 6.29 Å². The van der Waals surface area contributed by atoms with Crippen molar-refractivity contribution >= 4 is 12.1 Å². The number of aliphatic hydroxyl groups is 2. The number of carbonyl (C=O) groups excluding carboxylic acids is 2. The van der Waals surface area contributed by atoms with Crippen molar-refractivity contribution < 1.29 is 40.2 Å². The Balaban J connectivity index is -0.00000136. The fourth-order valence-electron chi connectivity index (χ4n) is 5.23. The molecule has 292 valence electrons. The van der Waals surface area contributed by atoms with Crippen LogP contribution in [0.15, 0.2) is 0 Å². The first kappa shape index (κ1) is 50.9. The number of nitrogens with zero attached hydrogens (tertiary/aromatic N) is 1. The number of rotatable bonds is 27. The molecule has 0 aromatic rings. The van der Waals surface area contributed by atoms with E-state index in [4.69, 9.17) is 24.1 Å². The third-order valence-electron chi connectivity index (χ3n) is 8.01. The van der Waals surface area contributed by atoms with Crippen LogP contribution < -0.4 is 5.32 Å². The van der Waals surface area contributed by atoms with Crippen molar-refractivity contribution in [3.05, 3.63) is 0 Å². The summed E-state index contributed by atoms with van der Waals surface area (Å²) in [5, 5.41) is 19.5. The maximum Gasteiger partial charge on any atom is 0.407 e. The Bertz CT molecular complexity index is 645. The van der Waals surface area contributed by atoms with E-state index >= 15 is 0 Å². The second-order valence-corrected chi connectivity index (χ2v) is 11.7. The molecule has 0 radical (unpaired) electrons. The van der Waals surface area contributed by atoms with Crippen LogP contribution in [-0.2, 0) is 23.7 Å². The van der Waals surface area contributed by atoms with Gasteiger partial charge in [-0.1, -0.05) is 119 Å². The van der Waals surface area contributed by atoms with Gasteiger partial charge in [-0.25, -0.2) is 4.79 Å². The summed E-state index contributed by atoms with van der Waals surface area (Å²) in [6, 6.07) is 0.333. The summed E-state index contributed by atoms with van der Waals surface area (Å²) in [7, 11) is 1.00. The number of unbranched alkanes of at least 4 members (excludes halogenated alkanes) is 10. The number of esters is 1. The quantitative estimate of drug-likeness (QED) is 0.0441. The average molecular weight is 695 g/mol. The van der Waals surface area contributed by atoms with Gasteiger partial charge < -0.3 is 34.5 Å².